The van der Waals surface area contributed by atoms with E-state index in [-0.39, 0.29) is 18.0 Å². The first-order valence-corrected chi connectivity index (χ1v) is 11.4. The molecule has 7 nitrogen and oxygen atoms in total. The molecule has 32 heavy (non-hydrogen) atoms. The molecule has 2 unspecified atom stereocenters. The summed E-state index contributed by atoms with van der Waals surface area (Å²) in [5, 5.41) is 3.95. The summed E-state index contributed by atoms with van der Waals surface area (Å²) in [4.78, 5) is 28.6. The van der Waals surface area contributed by atoms with Crippen LogP contribution in [-0.4, -0.2) is 25.8 Å². The number of carbonyl (C=O) groups excluding carboxylic acids is 1. The van der Waals surface area contributed by atoms with Gasteiger partial charge in [-0.1, -0.05) is 35.3 Å². The summed E-state index contributed by atoms with van der Waals surface area (Å²) in [7, 11) is 0. The van der Waals surface area contributed by atoms with Gasteiger partial charge in [-0.15, -0.1) is 0 Å². The fraction of sp³-hybridized carbons (Fsp3) is 0.348. The summed E-state index contributed by atoms with van der Waals surface area (Å²) in [5.74, 6) is -0.238. The van der Waals surface area contributed by atoms with Gasteiger partial charge in [-0.05, 0) is 61.8 Å². The first-order valence-electron chi connectivity index (χ1n) is 10.6. The van der Waals surface area contributed by atoms with Gasteiger partial charge in [0, 0.05) is 18.4 Å². The lowest BCUT2D eigenvalue weighted by Crippen LogP contribution is -2.32. The van der Waals surface area contributed by atoms with Crippen molar-refractivity contribution in [1.29, 1.82) is 0 Å². The molecule has 3 aromatic rings. The minimum absolute atomic E-state index is 0.0902. The molecule has 0 radical (unpaired) electrons. The van der Waals surface area contributed by atoms with Crippen LogP contribution in [0.4, 0.5) is 0 Å². The van der Waals surface area contributed by atoms with E-state index in [0.29, 0.717) is 16.0 Å². The Morgan fingerprint density at radius 3 is 2.28 bits per heavy atom. The molecular weight excluding hydrogens is 447 g/mol. The molecule has 166 valence electrons. The summed E-state index contributed by atoms with van der Waals surface area (Å²) in [6, 6.07) is 7.60. The third kappa shape index (κ3) is 5.41. The topological polar surface area (TPSA) is 107 Å². The highest BCUT2D eigenvalue weighted by Gasteiger charge is 2.24. The molecule has 3 heterocycles. The van der Waals surface area contributed by atoms with Gasteiger partial charge < -0.3 is 11.1 Å². The Hall–Kier alpha value is -2.61. The molecule has 0 aliphatic heterocycles. The van der Waals surface area contributed by atoms with E-state index < -0.39 is 0 Å². The van der Waals surface area contributed by atoms with Gasteiger partial charge in [-0.3, -0.25) is 9.78 Å². The van der Waals surface area contributed by atoms with E-state index in [1.165, 1.54) is 24.2 Å². The van der Waals surface area contributed by atoms with Crippen molar-refractivity contribution >= 4 is 29.1 Å². The average molecular weight is 471 g/mol. The van der Waals surface area contributed by atoms with Crippen LogP contribution < -0.4 is 11.1 Å². The third-order valence-corrected chi connectivity index (χ3v) is 6.06. The maximum absolute atomic E-state index is 12.1. The number of fused-ring (bicyclic) bond motifs is 2. The van der Waals surface area contributed by atoms with Gasteiger partial charge in [-0.2, -0.15) is 0 Å². The van der Waals surface area contributed by atoms with Gasteiger partial charge in [0.15, 0.2) is 0 Å². The number of amides is 1. The van der Waals surface area contributed by atoms with Crippen LogP contribution in [0.2, 0.25) is 10.3 Å². The second-order valence-corrected chi connectivity index (χ2v) is 8.64. The van der Waals surface area contributed by atoms with E-state index in [4.69, 9.17) is 28.9 Å². The van der Waals surface area contributed by atoms with E-state index >= 15 is 0 Å². The second kappa shape index (κ2) is 10.3. The number of nitrogens with one attached hydrogen (secondary N) is 1. The predicted molar refractivity (Wildman–Crippen MR) is 124 cm³/mol. The Labute approximate surface area is 196 Å². The van der Waals surface area contributed by atoms with E-state index in [9.17, 15) is 4.79 Å². The van der Waals surface area contributed by atoms with Crippen LogP contribution in [0.1, 0.15) is 70.8 Å². The van der Waals surface area contributed by atoms with Crippen LogP contribution in [-0.2, 0) is 12.8 Å². The highest BCUT2D eigenvalue weighted by Crippen LogP contribution is 2.29. The lowest BCUT2D eigenvalue weighted by Gasteiger charge is -2.25. The summed E-state index contributed by atoms with van der Waals surface area (Å²) in [6.45, 7) is 0. The van der Waals surface area contributed by atoms with E-state index in [2.05, 4.69) is 25.3 Å². The second-order valence-electron chi connectivity index (χ2n) is 7.86. The molecule has 9 heteroatoms. The Bertz CT molecular complexity index is 1100. The highest BCUT2D eigenvalue weighted by atomic mass is 35.5. The summed E-state index contributed by atoms with van der Waals surface area (Å²) in [5.41, 5.74) is 10.5. The maximum Gasteiger partial charge on any atom is 0.272 e. The number of carbonyl (C=O) groups is 1. The number of nitrogens with zero attached hydrogens (tertiary/aromatic N) is 4. The minimum Gasteiger partial charge on any atom is -0.342 e. The van der Waals surface area contributed by atoms with Crippen LogP contribution in [0.3, 0.4) is 0 Å². The molecule has 2 aliphatic carbocycles. The standard InChI is InChI=1S/C14H13ClN4O.C9H11ClN2/c15-12-5-4-9-2-1-3-10(13(9)19-12)18-14(20)11-8-16-6-7-17-11;10-8-5-4-6-2-1-3-7(11)9(6)12-8/h4-8,10H,1-3H2,(H,18,20);4-5,7H,1-3,11H2. The molecule has 0 saturated heterocycles. The number of aromatic nitrogens is 4. The van der Waals surface area contributed by atoms with E-state index in [1.54, 1.807) is 6.07 Å². The SMILES string of the molecule is NC1CCCc2ccc(Cl)nc21.O=C(NC1CCCc2ccc(Cl)nc21)c1cnccn1. The Morgan fingerprint density at radius 2 is 1.59 bits per heavy atom. The molecular formula is C23H24Cl2N6O. The van der Waals surface area contributed by atoms with Gasteiger partial charge in [0.2, 0.25) is 0 Å². The lowest BCUT2D eigenvalue weighted by atomic mass is 9.92. The average Bonchev–Trinajstić information content (AvgIpc) is 2.81. The molecule has 0 bridgehead atoms. The summed E-state index contributed by atoms with van der Waals surface area (Å²) < 4.78 is 0. The minimum atomic E-state index is -0.238. The van der Waals surface area contributed by atoms with Gasteiger partial charge in [-0.25, -0.2) is 15.0 Å². The van der Waals surface area contributed by atoms with Gasteiger partial charge in [0.25, 0.3) is 5.91 Å². The quantitative estimate of drug-likeness (QED) is 0.537. The molecule has 2 aliphatic rings. The van der Waals surface area contributed by atoms with Crippen molar-refractivity contribution in [3.05, 3.63) is 81.4 Å². The number of rotatable bonds is 2. The van der Waals surface area contributed by atoms with Crippen LogP contribution >= 0.6 is 23.2 Å². The third-order valence-electron chi connectivity index (χ3n) is 5.64. The number of pyridine rings is 2. The predicted octanol–water partition coefficient (Wildman–Crippen LogP) is 4.40. The fourth-order valence-electron chi connectivity index (χ4n) is 4.07. The number of nitrogens with two attached hydrogens (primary N) is 1. The lowest BCUT2D eigenvalue weighted by molar-refractivity contribution is 0.0926. The summed E-state index contributed by atoms with van der Waals surface area (Å²) in [6.07, 6.45) is 10.6. The molecule has 2 atom stereocenters. The zero-order chi connectivity index (χ0) is 22.5. The van der Waals surface area contributed by atoms with Crippen molar-refractivity contribution < 1.29 is 4.79 Å². The molecule has 0 saturated carbocycles. The van der Waals surface area contributed by atoms with Gasteiger partial charge in [0.1, 0.15) is 16.0 Å². The zero-order valence-corrected chi connectivity index (χ0v) is 19.0. The van der Waals surface area contributed by atoms with E-state index in [0.717, 1.165) is 55.5 Å². The monoisotopic (exact) mass is 470 g/mol. The van der Waals surface area contributed by atoms with Crippen molar-refractivity contribution in [2.24, 2.45) is 5.73 Å². The van der Waals surface area contributed by atoms with Crippen LogP contribution in [0.25, 0.3) is 0 Å². The number of hydrogen-bond acceptors (Lipinski definition) is 6. The fourth-order valence-corrected chi connectivity index (χ4v) is 4.38. The first-order chi connectivity index (χ1) is 15.5. The van der Waals surface area contributed by atoms with Crippen molar-refractivity contribution in [3.63, 3.8) is 0 Å². The molecule has 0 fully saturated rings. The molecule has 5 rings (SSSR count). The zero-order valence-electron chi connectivity index (χ0n) is 17.5. The van der Waals surface area contributed by atoms with Crippen molar-refractivity contribution in [3.8, 4) is 0 Å². The Morgan fingerprint density at radius 1 is 0.938 bits per heavy atom. The number of hydrogen-bond donors (Lipinski definition) is 2. The summed E-state index contributed by atoms with van der Waals surface area (Å²) >= 11 is 11.7. The molecule has 3 aromatic heterocycles. The Kier molecular flexibility index (Phi) is 7.29. The van der Waals surface area contributed by atoms with Crippen molar-refractivity contribution in [2.75, 3.05) is 0 Å². The van der Waals surface area contributed by atoms with E-state index in [1.807, 2.05) is 18.2 Å². The maximum atomic E-state index is 12.1. The molecule has 3 N–H and O–H groups in total. The molecule has 0 aromatic carbocycles. The van der Waals surface area contributed by atoms with Crippen LogP contribution in [0, 0.1) is 0 Å². The van der Waals surface area contributed by atoms with Gasteiger partial charge in [0.05, 0.1) is 23.6 Å². The molecule has 1 amide bonds. The van der Waals surface area contributed by atoms with Crippen LogP contribution in [0.5, 0.6) is 0 Å². The molecule has 0 spiro atoms. The number of halogens is 2. The van der Waals surface area contributed by atoms with Crippen molar-refractivity contribution in [1.82, 2.24) is 25.3 Å². The number of aryl methyl sites for hydroxylation is 2. The highest BCUT2D eigenvalue weighted by molar-refractivity contribution is 6.29. The van der Waals surface area contributed by atoms with Crippen LogP contribution in [0.15, 0.2) is 42.9 Å². The van der Waals surface area contributed by atoms with Gasteiger partial charge >= 0.3 is 0 Å². The first kappa shape index (κ1) is 22.6. The largest absolute Gasteiger partial charge is 0.342 e. The normalized spacial score (nSPS) is 19.1. The Balaban J connectivity index is 0.000000174. The smallest absolute Gasteiger partial charge is 0.272 e. The van der Waals surface area contributed by atoms with Crippen molar-refractivity contribution in [2.45, 2.75) is 50.6 Å².